The van der Waals surface area contributed by atoms with Gasteiger partial charge in [0.25, 0.3) is 5.56 Å². The summed E-state index contributed by atoms with van der Waals surface area (Å²) in [6, 6.07) is 13.2. The number of halogens is 1. The molecule has 4 aromatic rings. The lowest BCUT2D eigenvalue weighted by atomic mass is 10.1. The molecule has 0 bridgehead atoms. The van der Waals surface area contributed by atoms with Crippen molar-refractivity contribution in [2.24, 2.45) is 0 Å². The van der Waals surface area contributed by atoms with Crippen molar-refractivity contribution in [3.8, 4) is 11.3 Å². The predicted molar refractivity (Wildman–Crippen MR) is 84.2 cm³/mol. The van der Waals surface area contributed by atoms with Gasteiger partial charge in [-0.25, -0.2) is 9.50 Å². The maximum atomic E-state index is 12.1. The van der Waals surface area contributed by atoms with Crippen LogP contribution in [0.1, 0.15) is 0 Å². The summed E-state index contributed by atoms with van der Waals surface area (Å²) in [4.78, 5) is 19.3. The van der Waals surface area contributed by atoms with Crippen molar-refractivity contribution in [2.45, 2.75) is 0 Å². The maximum absolute atomic E-state index is 12.1. The van der Waals surface area contributed by atoms with Crippen molar-refractivity contribution in [2.75, 3.05) is 0 Å². The van der Waals surface area contributed by atoms with E-state index in [1.807, 2.05) is 30.3 Å². The number of pyridine rings is 1. The fourth-order valence-corrected chi connectivity index (χ4v) is 2.58. The minimum absolute atomic E-state index is 0.175. The van der Waals surface area contributed by atoms with Gasteiger partial charge in [0.2, 0.25) is 0 Å². The molecular formula is C15H9BrN4O. The summed E-state index contributed by atoms with van der Waals surface area (Å²) in [7, 11) is 0. The Morgan fingerprint density at radius 1 is 1.14 bits per heavy atom. The monoisotopic (exact) mass is 340 g/mol. The Labute approximate surface area is 127 Å². The van der Waals surface area contributed by atoms with E-state index >= 15 is 0 Å². The number of aromatic amines is 1. The first-order valence-corrected chi connectivity index (χ1v) is 7.14. The highest BCUT2D eigenvalue weighted by Crippen LogP contribution is 2.22. The summed E-state index contributed by atoms with van der Waals surface area (Å²) in [6.07, 6.45) is 1.68. The van der Waals surface area contributed by atoms with Crippen LogP contribution in [0.25, 0.3) is 27.9 Å². The Hall–Kier alpha value is -2.47. The van der Waals surface area contributed by atoms with Crippen molar-refractivity contribution in [3.63, 3.8) is 0 Å². The molecule has 0 amide bonds. The summed E-state index contributed by atoms with van der Waals surface area (Å²) >= 11 is 3.41. The first-order chi connectivity index (χ1) is 10.2. The highest BCUT2D eigenvalue weighted by Gasteiger charge is 2.11. The predicted octanol–water partition coefficient (Wildman–Crippen LogP) is 3.00. The number of fused-ring (bicyclic) bond motifs is 3. The van der Waals surface area contributed by atoms with Gasteiger partial charge in [0.05, 0.1) is 11.2 Å². The largest absolute Gasteiger partial charge is 0.317 e. The van der Waals surface area contributed by atoms with Crippen LogP contribution in [0.4, 0.5) is 0 Å². The van der Waals surface area contributed by atoms with Gasteiger partial charge in [-0.05, 0) is 30.3 Å². The lowest BCUT2D eigenvalue weighted by Crippen LogP contribution is -2.10. The van der Waals surface area contributed by atoms with E-state index in [0.29, 0.717) is 16.7 Å². The lowest BCUT2D eigenvalue weighted by molar-refractivity contribution is 0.969. The average Bonchev–Trinajstić information content (AvgIpc) is 2.94. The first-order valence-electron chi connectivity index (χ1n) is 6.35. The number of aromatic nitrogens is 4. The zero-order chi connectivity index (χ0) is 14.4. The fraction of sp³-hybridized carbons (Fsp3) is 0. The lowest BCUT2D eigenvalue weighted by Gasteiger charge is -1.99. The average molecular weight is 341 g/mol. The van der Waals surface area contributed by atoms with Gasteiger partial charge >= 0.3 is 0 Å². The Morgan fingerprint density at radius 2 is 1.95 bits per heavy atom. The van der Waals surface area contributed by atoms with Gasteiger partial charge in [-0.2, -0.15) is 5.10 Å². The Bertz CT molecular complexity index is 1020. The molecular weight excluding hydrogens is 332 g/mol. The van der Waals surface area contributed by atoms with Gasteiger partial charge in [-0.15, -0.1) is 0 Å². The second-order valence-corrected chi connectivity index (χ2v) is 5.58. The number of hydrogen-bond donors (Lipinski definition) is 1. The fourth-order valence-electron chi connectivity index (χ4n) is 2.32. The summed E-state index contributed by atoms with van der Waals surface area (Å²) < 4.78 is 2.59. The van der Waals surface area contributed by atoms with Gasteiger partial charge in [0.15, 0.2) is 5.65 Å². The molecule has 6 heteroatoms. The zero-order valence-electron chi connectivity index (χ0n) is 10.7. The summed E-state index contributed by atoms with van der Waals surface area (Å²) in [5.74, 6) is 0. The molecule has 0 saturated heterocycles. The highest BCUT2D eigenvalue weighted by atomic mass is 79.9. The molecule has 0 atom stereocenters. The molecule has 0 saturated carbocycles. The van der Waals surface area contributed by atoms with Gasteiger partial charge < -0.3 is 4.98 Å². The topological polar surface area (TPSA) is 63.0 Å². The van der Waals surface area contributed by atoms with Crippen LogP contribution >= 0.6 is 15.9 Å². The van der Waals surface area contributed by atoms with Crippen molar-refractivity contribution in [3.05, 3.63) is 63.5 Å². The van der Waals surface area contributed by atoms with E-state index in [-0.39, 0.29) is 5.56 Å². The minimum Gasteiger partial charge on any atom is -0.317 e. The third-order valence-corrected chi connectivity index (χ3v) is 3.85. The quantitative estimate of drug-likeness (QED) is 0.579. The van der Waals surface area contributed by atoms with Crippen LogP contribution in [-0.4, -0.2) is 19.6 Å². The second-order valence-electron chi connectivity index (χ2n) is 4.66. The molecule has 5 nitrogen and oxygen atoms in total. The van der Waals surface area contributed by atoms with E-state index in [2.05, 4.69) is 31.0 Å². The van der Waals surface area contributed by atoms with Crippen molar-refractivity contribution < 1.29 is 0 Å². The molecule has 0 radical (unpaired) electrons. The number of nitrogens with one attached hydrogen (secondary N) is 1. The molecule has 102 valence electrons. The van der Waals surface area contributed by atoms with E-state index in [0.717, 1.165) is 15.7 Å². The molecule has 3 aromatic heterocycles. The molecule has 0 unspecified atom stereocenters. The second kappa shape index (κ2) is 4.53. The summed E-state index contributed by atoms with van der Waals surface area (Å²) in [6.45, 7) is 0. The summed E-state index contributed by atoms with van der Waals surface area (Å²) in [5, 5.41) is 4.52. The first kappa shape index (κ1) is 12.3. The Morgan fingerprint density at radius 3 is 2.76 bits per heavy atom. The van der Waals surface area contributed by atoms with E-state index in [1.165, 1.54) is 0 Å². The number of nitrogens with zero attached hydrogens (tertiary/aromatic N) is 3. The number of H-pyrrole nitrogens is 1. The van der Waals surface area contributed by atoms with Crippen LogP contribution in [0.5, 0.6) is 0 Å². The maximum Gasteiger partial charge on any atom is 0.274 e. The van der Waals surface area contributed by atoms with E-state index in [4.69, 9.17) is 0 Å². The number of benzene rings is 1. The number of rotatable bonds is 1. The molecule has 0 aliphatic carbocycles. The van der Waals surface area contributed by atoms with E-state index < -0.39 is 0 Å². The van der Waals surface area contributed by atoms with Crippen LogP contribution in [0.15, 0.2) is 57.9 Å². The standard InChI is InChI=1S/C15H9BrN4O/c16-10-5-3-9(4-6-10)12-8-13-15(21)18-11-2-1-7-17-14(11)20(13)19-12/h1-8H,(H,18,21). The van der Waals surface area contributed by atoms with Gasteiger partial charge in [-0.1, -0.05) is 28.1 Å². The van der Waals surface area contributed by atoms with E-state index in [1.54, 1.807) is 22.8 Å². The third-order valence-electron chi connectivity index (χ3n) is 3.32. The molecule has 1 N–H and O–H groups in total. The molecule has 3 heterocycles. The minimum atomic E-state index is -0.175. The third kappa shape index (κ3) is 1.95. The van der Waals surface area contributed by atoms with Gasteiger partial charge in [0.1, 0.15) is 5.52 Å². The van der Waals surface area contributed by atoms with Crippen LogP contribution < -0.4 is 5.56 Å². The summed E-state index contributed by atoms with van der Waals surface area (Å²) in [5.41, 5.74) is 3.30. The van der Waals surface area contributed by atoms with Crippen LogP contribution in [-0.2, 0) is 0 Å². The highest BCUT2D eigenvalue weighted by molar-refractivity contribution is 9.10. The van der Waals surface area contributed by atoms with E-state index in [9.17, 15) is 4.79 Å². The van der Waals surface area contributed by atoms with Gasteiger partial charge in [-0.3, -0.25) is 4.79 Å². The van der Waals surface area contributed by atoms with Crippen LogP contribution in [0.2, 0.25) is 0 Å². The molecule has 21 heavy (non-hydrogen) atoms. The smallest absolute Gasteiger partial charge is 0.274 e. The molecule has 0 fully saturated rings. The molecule has 0 spiro atoms. The van der Waals surface area contributed by atoms with Crippen LogP contribution in [0, 0.1) is 0 Å². The van der Waals surface area contributed by atoms with Crippen molar-refractivity contribution >= 4 is 32.6 Å². The van der Waals surface area contributed by atoms with Gasteiger partial charge in [0, 0.05) is 16.2 Å². The molecule has 0 aliphatic rings. The SMILES string of the molecule is O=c1[nH]c2cccnc2n2nc(-c3ccc(Br)cc3)cc12. The van der Waals surface area contributed by atoms with Crippen molar-refractivity contribution in [1.82, 2.24) is 19.6 Å². The molecule has 1 aromatic carbocycles. The molecule has 4 rings (SSSR count). The van der Waals surface area contributed by atoms with Crippen LogP contribution in [0.3, 0.4) is 0 Å². The zero-order valence-corrected chi connectivity index (χ0v) is 12.3. The number of hydrogen-bond acceptors (Lipinski definition) is 3. The van der Waals surface area contributed by atoms with Crippen molar-refractivity contribution in [1.29, 1.82) is 0 Å². The molecule has 0 aliphatic heterocycles. The Balaban J connectivity index is 2.05. The Kier molecular flexibility index (Phi) is 2.65. The normalized spacial score (nSPS) is 11.3.